The lowest BCUT2D eigenvalue weighted by Gasteiger charge is -2.32. The summed E-state index contributed by atoms with van der Waals surface area (Å²) < 4.78 is 22.6. The van der Waals surface area contributed by atoms with E-state index < -0.39 is 84.1 Å². The molecule has 2 aliphatic heterocycles. The van der Waals surface area contributed by atoms with E-state index >= 15 is 0 Å². The van der Waals surface area contributed by atoms with Crippen molar-refractivity contribution in [3.63, 3.8) is 0 Å². The molecule has 3 unspecified atom stereocenters. The summed E-state index contributed by atoms with van der Waals surface area (Å²) in [6.45, 7) is -4.20. The Hall–Kier alpha value is -2.39. The number of aromatic amines is 1. The van der Waals surface area contributed by atoms with Crippen molar-refractivity contribution in [3.8, 4) is 0 Å². The fraction of sp³-hybridized carbons (Fsp3) is 0.579. The maximum atomic E-state index is 12.1. The zero-order valence-electron chi connectivity index (χ0n) is 20.0. The smallest absolute Gasteiger partial charge is 0.330 e. The number of nitro groups is 1. The Balaban J connectivity index is 1.47. The van der Waals surface area contributed by atoms with E-state index in [1.807, 2.05) is 0 Å². The van der Waals surface area contributed by atoms with Crippen LogP contribution in [-0.4, -0.2) is 86.5 Å². The fourth-order valence-electron chi connectivity index (χ4n) is 4.26. The van der Waals surface area contributed by atoms with E-state index in [0.717, 1.165) is 27.6 Å². The molecule has 2 saturated heterocycles. The summed E-state index contributed by atoms with van der Waals surface area (Å²) in [6.07, 6.45) is -6.07. The van der Waals surface area contributed by atoms with Crippen LogP contribution >= 0.6 is 6.72 Å². The Kier molecular flexibility index (Phi) is 8.00. The van der Waals surface area contributed by atoms with E-state index in [0.29, 0.717) is 0 Å². The highest BCUT2D eigenvalue weighted by molar-refractivity contribution is 8.07. The number of aliphatic hydroxyl groups is 5. The van der Waals surface area contributed by atoms with Gasteiger partial charge in [-0.3, -0.25) is 38.1 Å². The number of H-pyrrole nitrogens is 1. The molecular formula is C19H25N4O14PS. The summed E-state index contributed by atoms with van der Waals surface area (Å²) in [4.78, 5) is 46.6. The highest BCUT2D eigenvalue weighted by Crippen LogP contribution is 2.54. The molecule has 2 aromatic rings. The van der Waals surface area contributed by atoms with Crippen LogP contribution in [0.15, 0.2) is 34.2 Å². The van der Waals surface area contributed by atoms with Crippen molar-refractivity contribution >= 4 is 24.2 Å². The molecule has 4 rings (SSSR count). The number of hydrogen-bond acceptors (Lipinski definition) is 14. The highest BCUT2D eigenvalue weighted by Gasteiger charge is 2.59. The van der Waals surface area contributed by atoms with Crippen molar-refractivity contribution in [2.24, 2.45) is 0 Å². The first-order valence-corrected chi connectivity index (χ1v) is 13.8. The van der Waals surface area contributed by atoms with Crippen LogP contribution in [-0.2, 0) is 36.2 Å². The van der Waals surface area contributed by atoms with Gasteiger partial charge in [0.1, 0.15) is 18.4 Å². The zero-order valence-corrected chi connectivity index (χ0v) is 21.7. The second kappa shape index (κ2) is 10.5. The van der Waals surface area contributed by atoms with Gasteiger partial charge in [-0.2, -0.15) is 0 Å². The lowest BCUT2D eigenvalue weighted by Crippen LogP contribution is -2.43. The standard InChI is InChI=1S/C19H25N4O14PS/c1-9-5-22(17(28)20-15(9)26)13-4-11(25)14(34-13)16(27)36-38(33,39)37-18(29)8-19(30,35-12(18)7-24)21-3-2-10(6-21)23(31)32/h2-3,5-6,11-14,16,24-25,27,29-30H,4,7-8H2,1H3,(H,33,39)(H,20,26,28)/t11-,12+,13+,14-,16?,18-,19?,38?/m0/s1. The van der Waals surface area contributed by atoms with Gasteiger partial charge in [0.2, 0.25) is 5.79 Å². The molecule has 0 bridgehead atoms. The topological polar surface area (TPSA) is 261 Å². The molecule has 39 heavy (non-hydrogen) atoms. The summed E-state index contributed by atoms with van der Waals surface area (Å²) in [5.41, 5.74) is -1.71. The quantitative estimate of drug-likeness (QED) is 0.0685. The van der Waals surface area contributed by atoms with Gasteiger partial charge in [0, 0.05) is 30.4 Å². The number of nitrogens with zero attached hydrogens (tertiary/aromatic N) is 3. The third-order valence-electron chi connectivity index (χ3n) is 6.16. The average Bonchev–Trinajstić information content (AvgIpc) is 3.52. The molecular weight excluding hydrogens is 571 g/mol. The molecule has 2 aliphatic rings. The SMILES string of the molecule is Cc1cn([C@H]2C[C@H](O)[C@@H](C(O)OP(O)(=S)O[C@@]3(O)CC(O)(n4ccc([N+](=O)[O-])c4)O[C@@H]3CO)O2)c(=O)[nH]c1=O. The lowest BCUT2D eigenvalue weighted by molar-refractivity contribution is -0.385. The average molecular weight is 596 g/mol. The van der Waals surface area contributed by atoms with Gasteiger partial charge in [0.25, 0.3) is 17.2 Å². The Morgan fingerprint density at radius 3 is 2.69 bits per heavy atom. The maximum absolute atomic E-state index is 12.1. The van der Waals surface area contributed by atoms with E-state index in [4.69, 9.17) is 30.3 Å². The highest BCUT2D eigenvalue weighted by atomic mass is 32.5. The van der Waals surface area contributed by atoms with Crippen LogP contribution in [0.2, 0.25) is 0 Å². The van der Waals surface area contributed by atoms with Crippen LogP contribution in [0.1, 0.15) is 24.6 Å². The van der Waals surface area contributed by atoms with Gasteiger partial charge in [-0.15, -0.1) is 0 Å². The van der Waals surface area contributed by atoms with Gasteiger partial charge in [-0.1, -0.05) is 0 Å². The molecule has 4 heterocycles. The molecule has 0 amide bonds. The first-order valence-electron chi connectivity index (χ1n) is 11.2. The lowest BCUT2D eigenvalue weighted by atomic mass is 10.1. The number of aryl methyl sites for hydroxylation is 1. The molecule has 0 aliphatic carbocycles. The molecule has 7 N–H and O–H groups in total. The van der Waals surface area contributed by atoms with E-state index in [1.165, 1.54) is 13.1 Å². The first kappa shape index (κ1) is 29.6. The van der Waals surface area contributed by atoms with Gasteiger partial charge in [0.15, 0.2) is 6.29 Å². The van der Waals surface area contributed by atoms with E-state index in [9.17, 15) is 50.1 Å². The summed E-state index contributed by atoms with van der Waals surface area (Å²) in [6, 6.07) is 1.03. The van der Waals surface area contributed by atoms with Crippen LogP contribution in [0.3, 0.4) is 0 Å². The molecule has 0 saturated carbocycles. The normalized spacial score (nSPS) is 33.2. The number of aliphatic hydroxyl groups excluding tert-OH is 3. The maximum Gasteiger partial charge on any atom is 0.330 e. The Morgan fingerprint density at radius 1 is 1.38 bits per heavy atom. The van der Waals surface area contributed by atoms with Gasteiger partial charge in [-0.05, 0) is 18.7 Å². The molecule has 2 fully saturated rings. The fourth-order valence-corrected chi connectivity index (χ4v) is 5.93. The summed E-state index contributed by atoms with van der Waals surface area (Å²) in [5.74, 6) is -5.20. The summed E-state index contributed by atoms with van der Waals surface area (Å²) in [5, 5.41) is 63.3. The Bertz CT molecular complexity index is 1410. The van der Waals surface area contributed by atoms with Crippen LogP contribution in [0.25, 0.3) is 0 Å². The third-order valence-corrected chi connectivity index (χ3v) is 7.67. The number of rotatable bonds is 9. The molecule has 18 nitrogen and oxygen atoms in total. The minimum Gasteiger partial charge on any atom is -0.393 e. The van der Waals surface area contributed by atoms with Crippen molar-refractivity contribution in [2.75, 3.05) is 6.61 Å². The molecule has 0 spiro atoms. The van der Waals surface area contributed by atoms with E-state index in [2.05, 4.69) is 4.98 Å². The van der Waals surface area contributed by atoms with E-state index in [1.54, 1.807) is 0 Å². The van der Waals surface area contributed by atoms with Crippen molar-refractivity contribution in [1.82, 2.24) is 14.1 Å². The van der Waals surface area contributed by atoms with Crippen LogP contribution in [0, 0.1) is 17.0 Å². The van der Waals surface area contributed by atoms with Crippen molar-refractivity contribution in [2.45, 2.75) is 62.3 Å². The number of nitrogens with one attached hydrogen (secondary N) is 1. The first-order chi connectivity index (χ1) is 18.1. The van der Waals surface area contributed by atoms with Gasteiger partial charge in [-0.25, -0.2) is 4.79 Å². The molecule has 20 heteroatoms. The molecule has 216 valence electrons. The number of aromatic nitrogens is 3. The Morgan fingerprint density at radius 2 is 2.08 bits per heavy atom. The van der Waals surface area contributed by atoms with Crippen LogP contribution in [0.5, 0.6) is 0 Å². The summed E-state index contributed by atoms with van der Waals surface area (Å²) in [7, 11) is 0. The largest absolute Gasteiger partial charge is 0.393 e. The summed E-state index contributed by atoms with van der Waals surface area (Å²) >= 11 is 4.86. The second-order valence-corrected chi connectivity index (χ2v) is 11.7. The van der Waals surface area contributed by atoms with Crippen LogP contribution in [0.4, 0.5) is 5.69 Å². The van der Waals surface area contributed by atoms with Crippen LogP contribution < -0.4 is 11.2 Å². The zero-order chi connectivity index (χ0) is 28.9. The molecule has 0 radical (unpaired) electrons. The van der Waals surface area contributed by atoms with Crippen molar-refractivity contribution < 1.29 is 53.9 Å². The predicted octanol–water partition coefficient (Wildman–Crippen LogP) is -2.46. The van der Waals surface area contributed by atoms with Crippen molar-refractivity contribution in [1.29, 1.82) is 0 Å². The monoisotopic (exact) mass is 596 g/mol. The second-order valence-electron chi connectivity index (χ2n) is 8.98. The minimum atomic E-state index is -4.66. The van der Waals surface area contributed by atoms with Gasteiger partial charge >= 0.3 is 12.4 Å². The number of hydrogen-bond donors (Lipinski definition) is 7. The van der Waals surface area contributed by atoms with Gasteiger partial charge in [0.05, 0.1) is 30.3 Å². The molecule has 0 aromatic carbocycles. The minimum absolute atomic E-state index is 0.173. The third kappa shape index (κ3) is 5.89. The Labute approximate surface area is 222 Å². The van der Waals surface area contributed by atoms with Crippen molar-refractivity contribution in [3.05, 3.63) is 61.2 Å². The van der Waals surface area contributed by atoms with E-state index in [-0.39, 0.29) is 12.0 Å². The molecule has 2 aromatic heterocycles. The predicted molar refractivity (Wildman–Crippen MR) is 128 cm³/mol. The molecule has 8 atom stereocenters. The van der Waals surface area contributed by atoms with Gasteiger partial charge < -0.3 is 39.9 Å². The number of ether oxygens (including phenoxy) is 2.